The van der Waals surface area contributed by atoms with Gasteiger partial charge in [0.1, 0.15) is 13.1 Å². The molecule has 33 heavy (non-hydrogen) atoms. The van der Waals surface area contributed by atoms with Crippen LogP contribution in [0.2, 0.25) is 0 Å². The highest BCUT2D eigenvalue weighted by molar-refractivity contribution is 5.80. The van der Waals surface area contributed by atoms with Gasteiger partial charge in [0.25, 0.3) is 5.56 Å². The molecule has 3 heterocycles. The van der Waals surface area contributed by atoms with Gasteiger partial charge in [0.2, 0.25) is 5.78 Å². The Kier molecular flexibility index (Phi) is 5.86. The van der Waals surface area contributed by atoms with Crippen LogP contribution in [0.1, 0.15) is 13.8 Å². The topological polar surface area (TPSA) is 119 Å². The van der Waals surface area contributed by atoms with Crippen molar-refractivity contribution in [2.75, 3.05) is 13.2 Å². The molecule has 0 aliphatic heterocycles. The third-order valence-electron chi connectivity index (χ3n) is 5.20. The minimum absolute atomic E-state index is 0.108. The number of hydrogen-bond acceptors (Lipinski definition) is 7. The van der Waals surface area contributed by atoms with Gasteiger partial charge in [0.15, 0.2) is 11.2 Å². The maximum Gasteiger partial charge on any atom is 0.333 e. The number of esters is 2. The number of ether oxygens (including phenoxy) is 2. The van der Waals surface area contributed by atoms with Crippen molar-refractivity contribution in [2.45, 2.75) is 26.9 Å². The average Bonchev–Trinajstić information content (AvgIpc) is 3.33. The Balaban J connectivity index is 2.01. The molecule has 0 N–H and O–H groups in total. The summed E-state index contributed by atoms with van der Waals surface area (Å²) >= 11 is 0. The molecule has 0 saturated heterocycles. The molecule has 0 spiro atoms. The van der Waals surface area contributed by atoms with Crippen molar-refractivity contribution < 1.29 is 19.1 Å². The molecule has 0 saturated carbocycles. The Morgan fingerprint density at radius 1 is 0.939 bits per heavy atom. The van der Waals surface area contributed by atoms with Gasteiger partial charge < -0.3 is 9.47 Å². The van der Waals surface area contributed by atoms with E-state index in [1.807, 2.05) is 30.3 Å². The zero-order chi connectivity index (χ0) is 23.7. The van der Waals surface area contributed by atoms with Crippen molar-refractivity contribution in [3.8, 4) is 11.3 Å². The summed E-state index contributed by atoms with van der Waals surface area (Å²) in [6.07, 6.45) is 1.68. The fourth-order valence-corrected chi connectivity index (χ4v) is 3.75. The van der Waals surface area contributed by atoms with E-state index < -0.39 is 29.7 Å². The predicted octanol–water partition coefficient (Wildman–Crippen LogP) is 0.943. The third-order valence-corrected chi connectivity index (χ3v) is 5.20. The van der Waals surface area contributed by atoms with Crippen molar-refractivity contribution >= 4 is 28.9 Å². The summed E-state index contributed by atoms with van der Waals surface area (Å²) in [6, 6.07) is 9.31. The zero-order valence-corrected chi connectivity index (χ0v) is 18.5. The zero-order valence-electron chi connectivity index (χ0n) is 18.5. The van der Waals surface area contributed by atoms with Crippen molar-refractivity contribution in [1.82, 2.24) is 23.1 Å². The summed E-state index contributed by atoms with van der Waals surface area (Å²) in [6.45, 7) is 3.05. The molecule has 3 aromatic heterocycles. The highest BCUT2D eigenvalue weighted by atomic mass is 16.5. The molecule has 0 atom stereocenters. The molecule has 1 aromatic carbocycles. The van der Waals surface area contributed by atoms with Crippen LogP contribution < -0.4 is 11.2 Å². The SMILES string of the molecule is CCOC(=O)Cn1c(=O)c2c(nc3n(CC(=O)OCC)c(-c4ccccc4)cn23)n(C)c1=O. The normalized spacial score (nSPS) is 11.2. The lowest BCUT2D eigenvalue weighted by molar-refractivity contribution is -0.144. The standard InChI is InChI=1S/C22H23N5O6/c1-4-32-16(28)12-25-15(14-9-7-6-8-10-14)11-26-18-19(23-21(25)26)24(3)22(31)27(20(18)30)13-17(29)33-5-2/h6-11H,4-5,12-13H2,1-3H3. The lowest BCUT2D eigenvalue weighted by Crippen LogP contribution is -2.41. The number of aryl methyl sites for hydroxylation is 1. The molecule has 172 valence electrons. The molecule has 0 radical (unpaired) electrons. The van der Waals surface area contributed by atoms with Crippen molar-refractivity contribution in [1.29, 1.82) is 0 Å². The Labute approximate surface area is 187 Å². The van der Waals surface area contributed by atoms with Gasteiger partial charge in [-0.3, -0.25) is 27.9 Å². The lowest BCUT2D eigenvalue weighted by Gasteiger charge is -2.09. The molecule has 0 amide bonds. The molecule has 11 nitrogen and oxygen atoms in total. The van der Waals surface area contributed by atoms with Crippen LogP contribution in [0.3, 0.4) is 0 Å². The third kappa shape index (κ3) is 3.81. The van der Waals surface area contributed by atoms with E-state index in [-0.39, 0.29) is 36.7 Å². The number of nitrogens with zero attached hydrogens (tertiary/aromatic N) is 5. The average molecular weight is 453 g/mol. The van der Waals surface area contributed by atoms with Crippen LogP contribution in [0.4, 0.5) is 0 Å². The van der Waals surface area contributed by atoms with Gasteiger partial charge >= 0.3 is 17.6 Å². The maximum atomic E-state index is 13.3. The molecule has 0 bridgehead atoms. The second-order valence-electron chi connectivity index (χ2n) is 7.26. The number of fused-ring (bicyclic) bond motifs is 3. The van der Waals surface area contributed by atoms with Crippen LogP contribution in [0, 0.1) is 0 Å². The van der Waals surface area contributed by atoms with Gasteiger partial charge in [-0.1, -0.05) is 30.3 Å². The molecule has 0 fully saturated rings. The highest BCUT2D eigenvalue weighted by Crippen LogP contribution is 2.25. The predicted molar refractivity (Wildman–Crippen MR) is 119 cm³/mol. The Hall–Kier alpha value is -4.15. The number of carbonyl (C=O) groups is 2. The molecule has 11 heteroatoms. The van der Waals surface area contributed by atoms with Crippen LogP contribution in [0.25, 0.3) is 28.2 Å². The Morgan fingerprint density at radius 3 is 2.15 bits per heavy atom. The molecule has 0 aliphatic carbocycles. The number of benzene rings is 1. The Bertz CT molecular complexity index is 1470. The number of carbonyl (C=O) groups excluding carboxylic acids is 2. The van der Waals surface area contributed by atoms with Gasteiger partial charge in [-0.2, -0.15) is 4.98 Å². The lowest BCUT2D eigenvalue weighted by atomic mass is 10.2. The monoisotopic (exact) mass is 453 g/mol. The number of aromatic nitrogens is 5. The van der Waals surface area contributed by atoms with E-state index in [9.17, 15) is 19.2 Å². The van der Waals surface area contributed by atoms with Gasteiger partial charge in [-0.25, -0.2) is 9.36 Å². The number of rotatable bonds is 7. The van der Waals surface area contributed by atoms with Gasteiger partial charge in [-0.05, 0) is 19.4 Å². The molecule has 4 aromatic rings. The van der Waals surface area contributed by atoms with Gasteiger partial charge in [-0.15, -0.1) is 0 Å². The van der Waals surface area contributed by atoms with Crippen LogP contribution in [0.5, 0.6) is 0 Å². The quantitative estimate of drug-likeness (QED) is 0.382. The van der Waals surface area contributed by atoms with Crippen molar-refractivity contribution in [3.05, 3.63) is 57.4 Å². The maximum absolute atomic E-state index is 13.3. The first-order chi connectivity index (χ1) is 15.9. The van der Waals surface area contributed by atoms with Gasteiger partial charge in [0.05, 0.1) is 18.9 Å². The second kappa shape index (κ2) is 8.77. The molecule has 0 aliphatic rings. The first kappa shape index (κ1) is 22.1. The highest BCUT2D eigenvalue weighted by Gasteiger charge is 2.23. The van der Waals surface area contributed by atoms with E-state index in [1.165, 1.54) is 16.0 Å². The van der Waals surface area contributed by atoms with E-state index >= 15 is 0 Å². The number of imidazole rings is 2. The van der Waals surface area contributed by atoms with Crippen LogP contribution in [-0.4, -0.2) is 48.2 Å². The molecule has 4 rings (SSSR count). The summed E-state index contributed by atoms with van der Waals surface area (Å²) in [7, 11) is 1.46. The van der Waals surface area contributed by atoms with Crippen LogP contribution in [-0.2, 0) is 39.2 Å². The van der Waals surface area contributed by atoms with Crippen LogP contribution >= 0.6 is 0 Å². The fourth-order valence-electron chi connectivity index (χ4n) is 3.75. The van der Waals surface area contributed by atoms with Crippen LogP contribution in [0.15, 0.2) is 46.1 Å². The summed E-state index contributed by atoms with van der Waals surface area (Å²) in [5.74, 6) is -0.868. The molecular weight excluding hydrogens is 430 g/mol. The largest absolute Gasteiger partial charge is 0.465 e. The van der Waals surface area contributed by atoms with E-state index in [2.05, 4.69) is 4.98 Å². The first-order valence-corrected chi connectivity index (χ1v) is 10.4. The fraction of sp³-hybridized carbons (Fsp3) is 0.318. The van der Waals surface area contributed by atoms with Crippen molar-refractivity contribution in [2.24, 2.45) is 7.05 Å². The Morgan fingerprint density at radius 2 is 1.55 bits per heavy atom. The molecule has 0 unspecified atom stereocenters. The summed E-state index contributed by atoms with van der Waals surface area (Å²) in [5, 5.41) is 0. The first-order valence-electron chi connectivity index (χ1n) is 10.4. The van der Waals surface area contributed by atoms with E-state index in [1.54, 1.807) is 24.6 Å². The summed E-state index contributed by atoms with van der Waals surface area (Å²) in [4.78, 5) is 54.9. The molecular formula is C22H23N5O6. The summed E-state index contributed by atoms with van der Waals surface area (Å²) in [5.41, 5.74) is 0.312. The van der Waals surface area contributed by atoms with E-state index in [4.69, 9.17) is 9.47 Å². The summed E-state index contributed by atoms with van der Waals surface area (Å²) < 4.78 is 15.2. The number of hydrogen-bond donors (Lipinski definition) is 0. The van der Waals surface area contributed by atoms with Gasteiger partial charge in [0, 0.05) is 13.2 Å². The minimum Gasteiger partial charge on any atom is -0.465 e. The van der Waals surface area contributed by atoms with E-state index in [0.717, 1.165) is 10.1 Å². The second-order valence-corrected chi connectivity index (χ2v) is 7.26. The minimum atomic E-state index is -0.693. The van der Waals surface area contributed by atoms with E-state index in [0.29, 0.717) is 5.69 Å². The smallest absolute Gasteiger partial charge is 0.333 e. The van der Waals surface area contributed by atoms with Crippen molar-refractivity contribution in [3.63, 3.8) is 0 Å².